The second kappa shape index (κ2) is 5.26. The fourth-order valence-corrected chi connectivity index (χ4v) is 3.53. The average Bonchev–Trinajstić information content (AvgIpc) is 3.04. The SMILES string of the molecule is C[C@H]1c2cccn2CCN1C(=O)[C@H]1Cc2ccccc2C(=O)O1. The molecule has 2 atom stereocenters. The Kier molecular flexibility index (Phi) is 3.22. The lowest BCUT2D eigenvalue weighted by molar-refractivity contribution is -0.144. The van der Waals surface area contributed by atoms with Crippen molar-refractivity contribution in [3.63, 3.8) is 0 Å². The molecule has 0 fully saturated rings. The van der Waals surface area contributed by atoms with Gasteiger partial charge in [0.25, 0.3) is 5.91 Å². The Morgan fingerprint density at radius 1 is 1.17 bits per heavy atom. The summed E-state index contributed by atoms with van der Waals surface area (Å²) in [6.07, 6.45) is 1.76. The number of fused-ring (bicyclic) bond motifs is 2. The smallest absolute Gasteiger partial charge is 0.339 e. The molecule has 3 heterocycles. The van der Waals surface area contributed by atoms with Crippen molar-refractivity contribution in [1.82, 2.24) is 9.47 Å². The molecule has 1 aromatic carbocycles. The highest BCUT2D eigenvalue weighted by atomic mass is 16.5. The van der Waals surface area contributed by atoms with Crippen molar-refractivity contribution >= 4 is 11.9 Å². The van der Waals surface area contributed by atoms with Gasteiger partial charge in [-0.05, 0) is 30.7 Å². The number of hydrogen-bond donors (Lipinski definition) is 0. The first kappa shape index (κ1) is 14.1. The summed E-state index contributed by atoms with van der Waals surface area (Å²) in [5.74, 6) is -0.508. The lowest BCUT2D eigenvalue weighted by Crippen LogP contribution is -2.48. The Morgan fingerprint density at radius 3 is 2.87 bits per heavy atom. The zero-order valence-electron chi connectivity index (χ0n) is 12.9. The van der Waals surface area contributed by atoms with Crippen molar-refractivity contribution in [2.45, 2.75) is 32.0 Å². The highest BCUT2D eigenvalue weighted by Crippen LogP contribution is 2.28. The van der Waals surface area contributed by atoms with Crippen molar-refractivity contribution < 1.29 is 14.3 Å². The summed E-state index contributed by atoms with van der Waals surface area (Å²) in [5, 5.41) is 0. The van der Waals surface area contributed by atoms with Crippen LogP contribution in [0.5, 0.6) is 0 Å². The number of carbonyl (C=O) groups is 2. The summed E-state index contributed by atoms with van der Waals surface area (Å²) in [6, 6.07) is 11.3. The number of cyclic esters (lactones) is 1. The minimum absolute atomic E-state index is 0.0119. The number of ether oxygens (including phenoxy) is 1. The van der Waals surface area contributed by atoms with Crippen LogP contribution in [0, 0.1) is 0 Å². The predicted molar refractivity (Wildman–Crippen MR) is 83.9 cm³/mol. The van der Waals surface area contributed by atoms with Gasteiger partial charge in [-0.15, -0.1) is 0 Å². The average molecular weight is 310 g/mol. The third kappa shape index (κ3) is 2.23. The summed E-state index contributed by atoms with van der Waals surface area (Å²) in [7, 11) is 0. The van der Waals surface area contributed by atoms with Crippen molar-refractivity contribution in [2.24, 2.45) is 0 Å². The van der Waals surface area contributed by atoms with Crippen LogP contribution in [0.4, 0.5) is 0 Å². The van der Waals surface area contributed by atoms with E-state index in [-0.39, 0.29) is 11.9 Å². The van der Waals surface area contributed by atoms with Gasteiger partial charge in [0.15, 0.2) is 6.10 Å². The molecule has 0 saturated heterocycles. The Balaban J connectivity index is 1.58. The molecular weight excluding hydrogens is 292 g/mol. The van der Waals surface area contributed by atoms with Crippen LogP contribution in [-0.2, 0) is 22.5 Å². The van der Waals surface area contributed by atoms with Crippen molar-refractivity contribution in [2.75, 3.05) is 6.54 Å². The van der Waals surface area contributed by atoms with Crippen molar-refractivity contribution in [3.05, 3.63) is 59.4 Å². The topological polar surface area (TPSA) is 51.5 Å². The highest BCUT2D eigenvalue weighted by molar-refractivity contribution is 5.95. The second-order valence-electron chi connectivity index (χ2n) is 6.09. The Labute approximate surface area is 134 Å². The largest absolute Gasteiger partial charge is 0.448 e. The number of aromatic nitrogens is 1. The molecular formula is C18H18N2O3. The molecule has 0 bridgehead atoms. The highest BCUT2D eigenvalue weighted by Gasteiger charge is 2.37. The zero-order valence-corrected chi connectivity index (χ0v) is 12.9. The summed E-state index contributed by atoms with van der Waals surface area (Å²) in [5.41, 5.74) is 2.57. The van der Waals surface area contributed by atoms with Gasteiger partial charge in [0, 0.05) is 31.4 Å². The fraction of sp³-hybridized carbons (Fsp3) is 0.333. The van der Waals surface area contributed by atoms with Crippen LogP contribution in [0.1, 0.15) is 34.6 Å². The molecule has 0 radical (unpaired) electrons. The molecule has 0 N–H and O–H groups in total. The maximum Gasteiger partial charge on any atom is 0.339 e. The van der Waals surface area contributed by atoms with Gasteiger partial charge in [-0.25, -0.2) is 4.79 Å². The van der Waals surface area contributed by atoms with Crippen LogP contribution < -0.4 is 0 Å². The zero-order chi connectivity index (χ0) is 16.0. The summed E-state index contributed by atoms with van der Waals surface area (Å²) >= 11 is 0. The van der Waals surface area contributed by atoms with Gasteiger partial charge < -0.3 is 14.2 Å². The van der Waals surface area contributed by atoms with Crippen LogP contribution in [0.15, 0.2) is 42.6 Å². The van der Waals surface area contributed by atoms with Crippen LogP contribution in [-0.4, -0.2) is 34.0 Å². The van der Waals surface area contributed by atoms with E-state index in [1.165, 1.54) is 0 Å². The monoisotopic (exact) mass is 310 g/mol. The molecule has 2 aromatic rings. The van der Waals surface area contributed by atoms with Gasteiger partial charge in [-0.3, -0.25) is 4.79 Å². The lowest BCUT2D eigenvalue weighted by Gasteiger charge is -2.37. The molecule has 1 amide bonds. The molecule has 5 heteroatoms. The van der Waals surface area contributed by atoms with E-state index in [1.807, 2.05) is 48.4 Å². The summed E-state index contributed by atoms with van der Waals surface area (Å²) < 4.78 is 7.57. The molecule has 0 saturated carbocycles. The Bertz CT molecular complexity index is 780. The summed E-state index contributed by atoms with van der Waals surface area (Å²) in [4.78, 5) is 26.8. The number of nitrogens with zero attached hydrogens (tertiary/aromatic N) is 2. The number of benzene rings is 1. The van der Waals surface area contributed by atoms with Gasteiger partial charge in [0.1, 0.15) is 0 Å². The van der Waals surface area contributed by atoms with Gasteiger partial charge in [-0.2, -0.15) is 0 Å². The third-order valence-electron chi connectivity index (χ3n) is 4.79. The molecule has 1 aromatic heterocycles. The van der Waals surface area contributed by atoms with Gasteiger partial charge in [0.2, 0.25) is 0 Å². The van der Waals surface area contributed by atoms with E-state index >= 15 is 0 Å². The Hall–Kier alpha value is -2.56. The predicted octanol–water partition coefficient (Wildman–Crippen LogP) is 2.17. The maximum absolute atomic E-state index is 12.9. The van der Waals surface area contributed by atoms with Gasteiger partial charge in [-0.1, -0.05) is 18.2 Å². The number of hydrogen-bond acceptors (Lipinski definition) is 3. The minimum Gasteiger partial charge on any atom is -0.448 e. The minimum atomic E-state index is -0.721. The first-order valence-electron chi connectivity index (χ1n) is 7.89. The molecule has 2 aliphatic rings. The normalized spacial score (nSPS) is 23.0. The van der Waals surface area contributed by atoms with Crippen LogP contribution in [0.3, 0.4) is 0 Å². The third-order valence-corrected chi connectivity index (χ3v) is 4.79. The second-order valence-corrected chi connectivity index (χ2v) is 6.09. The van der Waals surface area contributed by atoms with Gasteiger partial charge in [0.05, 0.1) is 11.6 Å². The fourth-order valence-electron chi connectivity index (χ4n) is 3.53. The molecule has 118 valence electrons. The summed E-state index contributed by atoms with van der Waals surface area (Å²) in [6.45, 7) is 3.43. The van der Waals surface area contributed by atoms with E-state index in [2.05, 4.69) is 4.57 Å². The van der Waals surface area contributed by atoms with E-state index < -0.39 is 12.1 Å². The van der Waals surface area contributed by atoms with E-state index in [1.54, 1.807) is 6.07 Å². The molecule has 0 unspecified atom stereocenters. The quantitative estimate of drug-likeness (QED) is 0.759. The molecule has 23 heavy (non-hydrogen) atoms. The Morgan fingerprint density at radius 2 is 2.00 bits per heavy atom. The lowest BCUT2D eigenvalue weighted by atomic mass is 9.97. The van der Waals surface area contributed by atoms with Crippen LogP contribution >= 0.6 is 0 Å². The number of rotatable bonds is 1. The first-order chi connectivity index (χ1) is 11.1. The van der Waals surface area contributed by atoms with Crippen LogP contribution in [0.2, 0.25) is 0 Å². The van der Waals surface area contributed by atoms with E-state index in [4.69, 9.17) is 4.74 Å². The molecule has 4 rings (SSSR count). The first-order valence-corrected chi connectivity index (χ1v) is 7.89. The number of carbonyl (C=O) groups excluding carboxylic acids is 2. The van der Waals surface area contributed by atoms with E-state index in [0.717, 1.165) is 17.8 Å². The van der Waals surface area contributed by atoms with Crippen molar-refractivity contribution in [1.29, 1.82) is 0 Å². The molecule has 0 aliphatic carbocycles. The number of esters is 1. The van der Waals surface area contributed by atoms with E-state index in [0.29, 0.717) is 18.5 Å². The standard InChI is InChI=1S/C18H18N2O3/c1-12-15-7-4-8-19(15)9-10-20(12)17(21)16-11-13-5-2-3-6-14(13)18(22)23-16/h2-8,12,16H,9-11H2,1H3/t12-,16+/m0/s1. The van der Waals surface area contributed by atoms with Gasteiger partial charge >= 0.3 is 5.97 Å². The van der Waals surface area contributed by atoms with E-state index in [9.17, 15) is 9.59 Å². The maximum atomic E-state index is 12.9. The molecule has 0 spiro atoms. The molecule has 5 nitrogen and oxygen atoms in total. The molecule has 2 aliphatic heterocycles. The number of amides is 1. The van der Waals surface area contributed by atoms with Crippen LogP contribution in [0.25, 0.3) is 0 Å². The van der Waals surface area contributed by atoms with Crippen molar-refractivity contribution in [3.8, 4) is 0 Å².